The van der Waals surface area contributed by atoms with E-state index in [1.54, 1.807) is 41.5 Å². The normalized spacial score (nSPS) is 13.2. The highest BCUT2D eigenvalue weighted by atomic mass is 16.6. The smallest absolute Gasteiger partial charge is 0.410 e. The predicted molar refractivity (Wildman–Crippen MR) is 139 cm³/mol. The molecule has 0 radical (unpaired) electrons. The van der Waals surface area contributed by atoms with Crippen molar-refractivity contribution in [2.75, 3.05) is 39.4 Å². The molecule has 2 N–H and O–H groups in total. The maximum atomic E-state index is 12.2. The summed E-state index contributed by atoms with van der Waals surface area (Å²) in [6, 6.07) is 0. The Morgan fingerprint density at radius 1 is 0.658 bits per heavy atom. The first-order chi connectivity index (χ1) is 17.5. The summed E-state index contributed by atoms with van der Waals surface area (Å²) in [7, 11) is 0. The Bertz CT molecular complexity index is 683. The van der Waals surface area contributed by atoms with E-state index in [1.165, 1.54) is 9.80 Å². The zero-order chi connectivity index (χ0) is 29.5. The van der Waals surface area contributed by atoms with Crippen molar-refractivity contribution in [2.24, 2.45) is 0 Å². The largest absolute Gasteiger partial charge is 0.464 e. The molecule has 12 heteroatoms. The van der Waals surface area contributed by atoms with Crippen LogP contribution in [-0.4, -0.2) is 107 Å². The number of carbonyl (C=O) groups is 4. The highest BCUT2D eigenvalue weighted by Crippen LogP contribution is 2.12. The number of aliphatic hydroxyl groups excluding tert-OH is 2. The summed E-state index contributed by atoms with van der Waals surface area (Å²) >= 11 is 0. The summed E-state index contributed by atoms with van der Waals surface area (Å²) in [5, 5.41) is 20.3. The Labute approximate surface area is 226 Å². The monoisotopic (exact) mass is 548 g/mol. The van der Waals surface area contributed by atoms with Crippen LogP contribution in [0.1, 0.15) is 81.1 Å². The van der Waals surface area contributed by atoms with Crippen molar-refractivity contribution in [2.45, 2.75) is 104 Å². The molecule has 0 saturated heterocycles. The standard InChI is InChI=1S/C26H48N2O10/c1-9-13-27(23(33)37-25(3,4)5)17-21(31)35-15-11-19(29)20(30)12-16-36-22(32)18-28(14-10-2)24(34)38-26(6,7)8/h19-20,29-30H,9-18H2,1-8H3. The third-order valence-corrected chi connectivity index (χ3v) is 4.73. The van der Waals surface area contributed by atoms with E-state index in [4.69, 9.17) is 18.9 Å². The molecule has 0 spiro atoms. The molecule has 0 aromatic heterocycles. The Balaban J connectivity index is 4.45. The van der Waals surface area contributed by atoms with Crippen molar-refractivity contribution in [3.8, 4) is 0 Å². The lowest BCUT2D eigenvalue weighted by Crippen LogP contribution is -2.41. The summed E-state index contributed by atoms with van der Waals surface area (Å²) < 4.78 is 20.8. The lowest BCUT2D eigenvalue weighted by molar-refractivity contribution is -0.148. The minimum atomic E-state index is -1.22. The van der Waals surface area contributed by atoms with Gasteiger partial charge in [0.15, 0.2) is 0 Å². The van der Waals surface area contributed by atoms with E-state index in [0.717, 1.165) is 0 Å². The fourth-order valence-electron chi connectivity index (χ4n) is 3.04. The van der Waals surface area contributed by atoms with Crippen molar-refractivity contribution in [1.82, 2.24) is 9.80 Å². The van der Waals surface area contributed by atoms with Crippen LogP contribution in [0.5, 0.6) is 0 Å². The Hall–Kier alpha value is -2.60. The van der Waals surface area contributed by atoms with Crippen LogP contribution >= 0.6 is 0 Å². The van der Waals surface area contributed by atoms with Crippen molar-refractivity contribution < 1.29 is 48.3 Å². The van der Waals surface area contributed by atoms with Gasteiger partial charge in [-0.25, -0.2) is 9.59 Å². The molecule has 222 valence electrons. The molecule has 2 unspecified atom stereocenters. The molecule has 0 bridgehead atoms. The zero-order valence-electron chi connectivity index (χ0n) is 24.3. The van der Waals surface area contributed by atoms with E-state index >= 15 is 0 Å². The summed E-state index contributed by atoms with van der Waals surface area (Å²) in [6.07, 6.45) is -2.54. The third kappa shape index (κ3) is 17.0. The maximum Gasteiger partial charge on any atom is 0.410 e. The molecule has 2 atom stereocenters. The molecule has 0 heterocycles. The van der Waals surface area contributed by atoms with Crippen LogP contribution in [0.4, 0.5) is 9.59 Å². The van der Waals surface area contributed by atoms with Crippen LogP contribution in [0.15, 0.2) is 0 Å². The van der Waals surface area contributed by atoms with E-state index in [9.17, 15) is 29.4 Å². The lowest BCUT2D eigenvalue weighted by Gasteiger charge is -2.26. The Morgan fingerprint density at radius 2 is 0.974 bits per heavy atom. The summed E-state index contributed by atoms with van der Waals surface area (Å²) in [4.78, 5) is 51.3. The first kappa shape index (κ1) is 35.4. The quantitative estimate of drug-likeness (QED) is 0.231. The van der Waals surface area contributed by atoms with Gasteiger partial charge in [-0.1, -0.05) is 13.8 Å². The minimum Gasteiger partial charge on any atom is -0.464 e. The highest BCUT2D eigenvalue weighted by molar-refractivity contribution is 5.78. The fourth-order valence-corrected chi connectivity index (χ4v) is 3.04. The van der Waals surface area contributed by atoms with E-state index in [1.807, 2.05) is 13.8 Å². The number of carbonyl (C=O) groups excluding carboxylic acids is 4. The van der Waals surface area contributed by atoms with Gasteiger partial charge in [0.2, 0.25) is 0 Å². The lowest BCUT2D eigenvalue weighted by atomic mass is 10.1. The number of esters is 2. The molecule has 0 rings (SSSR count). The van der Waals surface area contributed by atoms with Crippen molar-refractivity contribution in [3.63, 3.8) is 0 Å². The number of rotatable bonds is 15. The second kappa shape index (κ2) is 17.1. The van der Waals surface area contributed by atoms with Crippen molar-refractivity contribution in [3.05, 3.63) is 0 Å². The van der Waals surface area contributed by atoms with Gasteiger partial charge in [0.25, 0.3) is 0 Å². The molecule has 2 amide bonds. The second-order valence-corrected chi connectivity index (χ2v) is 11.0. The summed E-state index contributed by atoms with van der Waals surface area (Å²) in [5.74, 6) is -1.33. The molecule has 12 nitrogen and oxygen atoms in total. The van der Waals surface area contributed by atoms with Gasteiger partial charge >= 0.3 is 24.1 Å². The average Bonchev–Trinajstić information content (AvgIpc) is 2.76. The molecule has 0 aromatic rings. The average molecular weight is 549 g/mol. The van der Waals surface area contributed by atoms with Crippen LogP contribution in [0, 0.1) is 0 Å². The van der Waals surface area contributed by atoms with Gasteiger partial charge in [-0.05, 0) is 54.4 Å². The van der Waals surface area contributed by atoms with E-state index in [2.05, 4.69) is 0 Å². The molecule has 0 fully saturated rings. The van der Waals surface area contributed by atoms with Gasteiger partial charge in [-0.15, -0.1) is 0 Å². The maximum absolute atomic E-state index is 12.2. The van der Waals surface area contributed by atoms with E-state index < -0.39 is 47.5 Å². The predicted octanol–water partition coefficient (Wildman–Crippen LogP) is 2.87. The van der Waals surface area contributed by atoms with Gasteiger partial charge in [-0.2, -0.15) is 0 Å². The Morgan fingerprint density at radius 3 is 1.24 bits per heavy atom. The topological polar surface area (TPSA) is 152 Å². The number of amides is 2. The van der Waals surface area contributed by atoms with Gasteiger partial charge in [-0.3, -0.25) is 19.4 Å². The van der Waals surface area contributed by atoms with Gasteiger partial charge in [0.1, 0.15) is 24.3 Å². The van der Waals surface area contributed by atoms with Crippen LogP contribution < -0.4 is 0 Å². The highest BCUT2D eigenvalue weighted by Gasteiger charge is 2.26. The Kier molecular flexibility index (Phi) is 15.9. The number of aliphatic hydroxyl groups is 2. The summed E-state index contributed by atoms with van der Waals surface area (Å²) in [6.45, 7) is 13.8. The van der Waals surface area contributed by atoms with E-state index in [-0.39, 0.29) is 39.1 Å². The zero-order valence-corrected chi connectivity index (χ0v) is 24.3. The second-order valence-electron chi connectivity index (χ2n) is 11.0. The molecule has 0 aliphatic carbocycles. The van der Waals surface area contributed by atoms with Crippen molar-refractivity contribution in [1.29, 1.82) is 0 Å². The van der Waals surface area contributed by atoms with Crippen LogP contribution in [0.25, 0.3) is 0 Å². The molecular weight excluding hydrogens is 500 g/mol. The molecule has 0 saturated carbocycles. The number of nitrogens with zero attached hydrogens (tertiary/aromatic N) is 2. The number of hydrogen-bond donors (Lipinski definition) is 2. The first-order valence-corrected chi connectivity index (χ1v) is 13.1. The van der Waals surface area contributed by atoms with Gasteiger partial charge in [0.05, 0.1) is 25.4 Å². The number of hydrogen-bond acceptors (Lipinski definition) is 10. The fraction of sp³-hybridized carbons (Fsp3) is 0.846. The van der Waals surface area contributed by atoms with Crippen LogP contribution in [0.3, 0.4) is 0 Å². The molecule has 0 aromatic carbocycles. The van der Waals surface area contributed by atoms with Crippen molar-refractivity contribution >= 4 is 24.1 Å². The van der Waals surface area contributed by atoms with E-state index in [0.29, 0.717) is 25.9 Å². The molecule has 0 aliphatic heterocycles. The molecular formula is C26H48N2O10. The van der Waals surface area contributed by atoms with Crippen LogP contribution in [0.2, 0.25) is 0 Å². The van der Waals surface area contributed by atoms with Gasteiger partial charge < -0.3 is 29.2 Å². The third-order valence-electron chi connectivity index (χ3n) is 4.73. The number of ether oxygens (including phenoxy) is 4. The molecule has 0 aliphatic rings. The summed E-state index contributed by atoms with van der Waals surface area (Å²) in [5.41, 5.74) is -1.40. The van der Waals surface area contributed by atoms with Crippen LogP contribution in [-0.2, 0) is 28.5 Å². The minimum absolute atomic E-state index is 0.0516. The van der Waals surface area contributed by atoms with Gasteiger partial charge in [0, 0.05) is 25.9 Å². The first-order valence-electron chi connectivity index (χ1n) is 13.1. The SMILES string of the molecule is CCCN(CC(=O)OCCC(O)C(O)CCOC(=O)CN(CCC)C(=O)OC(C)(C)C)C(=O)OC(C)(C)C. The molecule has 38 heavy (non-hydrogen) atoms.